The topological polar surface area (TPSA) is 67.2 Å². The number of carbonyl (C=O) groups excluding carboxylic acids is 1. The van der Waals surface area contributed by atoms with E-state index in [1.807, 2.05) is 25.1 Å². The Balaban J connectivity index is 1.51. The van der Waals surface area contributed by atoms with Crippen LogP contribution in [0.15, 0.2) is 65.1 Å². The summed E-state index contributed by atoms with van der Waals surface area (Å²) in [6.07, 6.45) is 0. The SMILES string of the molecule is Cc1ccc(-c2nc3cc(NC(=S)NC(=O)c4ccccc4F)ccc3o2)cc1C. The highest BCUT2D eigenvalue weighted by Gasteiger charge is 2.13. The molecule has 0 radical (unpaired) electrons. The van der Waals surface area contributed by atoms with E-state index in [1.54, 1.807) is 24.3 Å². The first kappa shape index (κ1) is 19.7. The minimum atomic E-state index is -0.620. The number of nitrogens with one attached hydrogen (secondary N) is 2. The third-order valence-corrected chi connectivity index (χ3v) is 4.95. The van der Waals surface area contributed by atoms with Gasteiger partial charge in [0.15, 0.2) is 10.7 Å². The van der Waals surface area contributed by atoms with Crippen molar-refractivity contribution in [1.29, 1.82) is 0 Å². The number of amides is 1. The minimum absolute atomic E-state index is 0.0560. The maximum atomic E-state index is 13.7. The number of carbonyl (C=O) groups is 1. The molecule has 1 aromatic heterocycles. The summed E-state index contributed by atoms with van der Waals surface area (Å²) in [6, 6.07) is 17.1. The molecule has 0 saturated heterocycles. The predicted octanol–water partition coefficient (Wildman–Crippen LogP) is 5.38. The van der Waals surface area contributed by atoms with Gasteiger partial charge in [-0.3, -0.25) is 10.1 Å². The van der Waals surface area contributed by atoms with Crippen molar-refractivity contribution in [3.05, 3.63) is 83.2 Å². The van der Waals surface area contributed by atoms with Crippen LogP contribution in [-0.2, 0) is 0 Å². The number of oxazole rings is 1. The molecule has 0 aliphatic rings. The number of aryl methyl sites for hydroxylation is 2. The molecule has 0 unspecified atom stereocenters. The molecule has 0 fully saturated rings. The van der Waals surface area contributed by atoms with E-state index >= 15 is 0 Å². The lowest BCUT2D eigenvalue weighted by Gasteiger charge is -2.09. The summed E-state index contributed by atoms with van der Waals surface area (Å²) in [5.41, 5.74) is 5.09. The van der Waals surface area contributed by atoms with Gasteiger partial charge in [0.25, 0.3) is 5.91 Å². The number of anilines is 1. The summed E-state index contributed by atoms with van der Waals surface area (Å²) in [5.74, 6) is -0.702. The average molecular weight is 419 g/mol. The molecule has 7 heteroatoms. The lowest BCUT2D eigenvalue weighted by Crippen LogP contribution is -2.34. The molecule has 4 rings (SSSR count). The molecular weight excluding hydrogens is 401 g/mol. The second-order valence-corrected chi connectivity index (χ2v) is 7.30. The Bertz CT molecular complexity index is 1280. The van der Waals surface area contributed by atoms with Crippen molar-refractivity contribution >= 4 is 40.0 Å². The van der Waals surface area contributed by atoms with Gasteiger partial charge in [-0.25, -0.2) is 9.37 Å². The maximum Gasteiger partial charge on any atom is 0.260 e. The van der Waals surface area contributed by atoms with Gasteiger partial charge in [-0.05, 0) is 79.7 Å². The van der Waals surface area contributed by atoms with Gasteiger partial charge in [-0.15, -0.1) is 0 Å². The van der Waals surface area contributed by atoms with Crippen molar-refractivity contribution in [1.82, 2.24) is 10.3 Å². The first-order valence-electron chi connectivity index (χ1n) is 9.26. The fraction of sp³-hybridized carbons (Fsp3) is 0.0870. The van der Waals surface area contributed by atoms with Crippen LogP contribution >= 0.6 is 12.2 Å². The van der Waals surface area contributed by atoms with Crippen LogP contribution in [0, 0.1) is 19.7 Å². The standard InChI is InChI=1S/C23H18FN3O2S/c1-13-7-8-15(11-14(13)2)22-26-19-12-16(9-10-20(19)29-22)25-23(30)27-21(28)17-5-3-4-6-18(17)24/h3-12H,1-2H3,(H2,25,27,28,30). The van der Waals surface area contributed by atoms with Crippen molar-refractivity contribution in [2.45, 2.75) is 13.8 Å². The van der Waals surface area contributed by atoms with Crippen molar-refractivity contribution < 1.29 is 13.6 Å². The Morgan fingerprint density at radius 3 is 2.60 bits per heavy atom. The van der Waals surface area contributed by atoms with Gasteiger partial charge in [0.1, 0.15) is 11.3 Å². The molecular formula is C23H18FN3O2S. The third-order valence-electron chi connectivity index (χ3n) is 4.74. The highest BCUT2D eigenvalue weighted by atomic mass is 32.1. The average Bonchev–Trinajstić information content (AvgIpc) is 3.13. The van der Waals surface area contributed by atoms with E-state index in [2.05, 4.69) is 22.5 Å². The summed E-state index contributed by atoms with van der Waals surface area (Å²) in [5, 5.41) is 5.44. The van der Waals surface area contributed by atoms with Gasteiger partial charge in [0, 0.05) is 11.3 Å². The molecule has 0 spiro atoms. The van der Waals surface area contributed by atoms with Crippen LogP contribution in [0.4, 0.5) is 10.1 Å². The number of nitrogens with zero attached hydrogens (tertiary/aromatic N) is 1. The highest BCUT2D eigenvalue weighted by molar-refractivity contribution is 7.80. The zero-order chi connectivity index (χ0) is 21.3. The van der Waals surface area contributed by atoms with Gasteiger partial charge < -0.3 is 9.73 Å². The van der Waals surface area contributed by atoms with E-state index < -0.39 is 11.7 Å². The number of hydrogen-bond donors (Lipinski definition) is 2. The molecule has 0 aliphatic carbocycles. The number of halogens is 1. The van der Waals surface area contributed by atoms with Crippen LogP contribution in [0.25, 0.3) is 22.6 Å². The van der Waals surface area contributed by atoms with Gasteiger partial charge in [-0.1, -0.05) is 18.2 Å². The third kappa shape index (κ3) is 4.06. The summed E-state index contributed by atoms with van der Waals surface area (Å²) < 4.78 is 19.6. The molecule has 2 N–H and O–H groups in total. The summed E-state index contributed by atoms with van der Waals surface area (Å²) in [7, 11) is 0. The summed E-state index contributed by atoms with van der Waals surface area (Å²) >= 11 is 5.18. The minimum Gasteiger partial charge on any atom is -0.436 e. The molecule has 150 valence electrons. The van der Waals surface area contributed by atoms with Crippen LogP contribution in [0.5, 0.6) is 0 Å². The Hall–Kier alpha value is -3.58. The zero-order valence-electron chi connectivity index (χ0n) is 16.3. The molecule has 1 heterocycles. The van der Waals surface area contributed by atoms with Crippen LogP contribution in [0.1, 0.15) is 21.5 Å². The molecule has 5 nitrogen and oxygen atoms in total. The smallest absolute Gasteiger partial charge is 0.260 e. The molecule has 0 atom stereocenters. The number of fused-ring (bicyclic) bond motifs is 1. The van der Waals surface area contributed by atoms with Crippen molar-refractivity contribution in [2.75, 3.05) is 5.32 Å². The molecule has 3 aromatic carbocycles. The second-order valence-electron chi connectivity index (χ2n) is 6.89. The van der Waals surface area contributed by atoms with Gasteiger partial charge in [0.05, 0.1) is 5.56 Å². The van der Waals surface area contributed by atoms with Crippen molar-refractivity contribution in [3.8, 4) is 11.5 Å². The Kier molecular flexibility index (Phi) is 5.29. The summed E-state index contributed by atoms with van der Waals surface area (Å²) in [4.78, 5) is 16.7. The quantitative estimate of drug-likeness (QED) is 0.437. The number of rotatable bonds is 3. The van der Waals surface area contributed by atoms with Crippen LogP contribution in [0.2, 0.25) is 0 Å². The molecule has 30 heavy (non-hydrogen) atoms. The predicted molar refractivity (Wildman–Crippen MR) is 119 cm³/mol. The largest absolute Gasteiger partial charge is 0.436 e. The maximum absolute atomic E-state index is 13.7. The van der Waals surface area contributed by atoms with E-state index in [0.717, 1.165) is 11.1 Å². The van der Waals surface area contributed by atoms with Gasteiger partial charge in [0.2, 0.25) is 5.89 Å². The van der Waals surface area contributed by atoms with E-state index in [9.17, 15) is 9.18 Å². The lowest BCUT2D eigenvalue weighted by molar-refractivity contribution is 0.0974. The summed E-state index contributed by atoms with van der Waals surface area (Å²) in [6.45, 7) is 4.09. The number of aromatic nitrogens is 1. The molecule has 0 saturated carbocycles. The fourth-order valence-electron chi connectivity index (χ4n) is 2.98. The van der Waals surface area contributed by atoms with Crippen LogP contribution in [0.3, 0.4) is 0 Å². The Morgan fingerprint density at radius 2 is 1.83 bits per heavy atom. The fourth-order valence-corrected chi connectivity index (χ4v) is 3.19. The number of hydrogen-bond acceptors (Lipinski definition) is 4. The second kappa shape index (κ2) is 8.04. The highest BCUT2D eigenvalue weighted by Crippen LogP contribution is 2.27. The molecule has 4 aromatic rings. The lowest BCUT2D eigenvalue weighted by atomic mass is 10.1. The van der Waals surface area contributed by atoms with Crippen LogP contribution < -0.4 is 10.6 Å². The first-order valence-corrected chi connectivity index (χ1v) is 9.66. The van der Waals surface area contributed by atoms with E-state index in [4.69, 9.17) is 16.6 Å². The number of benzene rings is 3. The molecule has 0 aliphatic heterocycles. The van der Waals surface area contributed by atoms with Gasteiger partial charge >= 0.3 is 0 Å². The van der Waals surface area contributed by atoms with Crippen molar-refractivity contribution in [3.63, 3.8) is 0 Å². The van der Waals surface area contributed by atoms with Crippen LogP contribution in [-0.4, -0.2) is 16.0 Å². The Labute approximate surface area is 177 Å². The first-order chi connectivity index (χ1) is 14.4. The Morgan fingerprint density at radius 1 is 1.03 bits per heavy atom. The van der Waals surface area contributed by atoms with E-state index in [1.165, 1.54) is 23.8 Å². The van der Waals surface area contributed by atoms with Gasteiger partial charge in [-0.2, -0.15) is 0 Å². The monoisotopic (exact) mass is 419 g/mol. The van der Waals surface area contributed by atoms with E-state index in [-0.39, 0.29) is 10.7 Å². The number of thiocarbonyl (C=S) groups is 1. The zero-order valence-corrected chi connectivity index (χ0v) is 17.1. The van der Waals surface area contributed by atoms with Crippen molar-refractivity contribution in [2.24, 2.45) is 0 Å². The normalized spacial score (nSPS) is 10.8. The molecule has 1 amide bonds. The van der Waals surface area contributed by atoms with E-state index in [0.29, 0.717) is 22.7 Å². The molecule has 0 bridgehead atoms.